The summed E-state index contributed by atoms with van der Waals surface area (Å²) in [7, 11) is -1.70. The third kappa shape index (κ3) is 3.90. The lowest BCUT2D eigenvalue weighted by Crippen LogP contribution is -2.46. The molecule has 0 radical (unpaired) electrons. The van der Waals surface area contributed by atoms with Gasteiger partial charge in [0.25, 0.3) is 0 Å². The summed E-state index contributed by atoms with van der Waals surface area (Å²) in [5, 5.41) is 3.21. The number of hydrogen-bond acceptors (Lipinski definition) is 5. The smallest absolute Gasteiger partial charge is 0.206 e. The van der Waals surface area contributed by atoms with Crippen molar-refractivity contribution in [2.45, 2.75) is 35.0 Å². The first kappa shape index (κ1) is 18.8. The van der Waals surface area contributed by atoms with Gasteiger partial charge in [0.1, 0.15) is 6.17 Å². The van der Waals surface area contributed by atoms with Gasteiger partial charge in [-0.15, -0.1) is 0 Å². The summed E-state index contributed by atoms with van der Waals surface area (Å²) in [5.74, 6) is 0. The van der Waals surface area contributed by atoms with Crippen molar-refractivity contribution in [1.82, 2.24) is 4.90 Å². The molecule has 0 aliphatic carbocycles. The fourth-order valence-electron chi connectivity index (χ4n) is 3.20. The summed E-state index contributed by atoms with van der Waals surface area (Å²) in [6, 6.07) is 12.8. The Balaban J connectivity index is 1.87. The second kappa shape index (κ2) is 7.73. The quantitative estimate of drug-likeness (QED) is 0.837. The highest BCUT2D eigenvalue weighted by Gasteiger charge is 2.28. The number of nitrogens with two attached hydrogens (primary N) is 1. The molecule has 1 aliphatic heterocycles. The van der Waals surface area contributed by atoms with Crippen molar-refractivity contribution in [3.8, 4) is 0 Å². The Kier molecular flexibility index (Phi) is 5.60. The highest BCUT2D eigenvalue weighted by Crippen LogP contribution is 2.27. The lowest BCUT2D eigenvalue weighted by atomic mass is 10.0. The van der Waals surface area contributed by atoms with Crippen LogP contribution < -0.4 is 11.1 Å². The van der Waals surface area contributed by atoms with Crippen LogP contribution >= 0.6 is 0 Å². The average molecular weight is 377 g/mol. The molecule has 0 spiro atoms. The molecule has 2 aromatic carbocycles. The van der Waals surface area contributed by atoms with Crippen LogP contribution in [0.25, 0.3) is 0 Å². The maximum Gasteiger partial charge on any atom is 0.206 e. The number of nitrogens with one attached hydrogen (secondary N) is 1. The zero-order chi connectivity index (χ0) is 18.7. The lowest BCUT2D eigenvalue weighted by molar-refractivity contribution is 0.149. The summed E-state index contributed by atoms with van der Waals surface area (Å²) in [6.07, 6.45) is -0.293. The molecule has 3 rings (SSSR count). The zero-order valence-corrected chi connectivity index (χ0v) is 15.5. The Labute approximate surface area is 153 Å². The number of hydrogen-bond donors (Lipinski definition) is 2. The molecule has 1 fully saturated rings. The monoisotopic (exact) mass is 377 g/mol. The molecule has 1 heterocycles. The topological polar surface area (TPSA) is 75.4 Å². The predicted octanol–water partition coefficient (Wildman–Crippen LogP) is 2.43. The Morgan fingerprint density at radius 1 is 1.19 bits per heavy atom. The molecule has 0 saturated carbocycles. The van der Waals surface area contributed by atoms with Crippen LogP contribution in [0.15, 0.2) is 58.3 Å². The summed E-state index contributed by atoms with van der Waals surface area (Å²) in [6.45, 7) is 1.37. The summed E-state index contributed by atoms with van der Waals surface area (Å²) in [4.78, 5) is 2.39. The van der Waals surface area contributed by atoms with Gasteiger partial charge in [0.05, 0.1) is 15.8 Å². The standard InChI is InChI=1S/C19H24FN3O2S/c1-23-10-9-19(17(20)13-23)22-18-8-7-16(11-14(18)12-21)26(24,25)15-5-3-2-4-6-15/h2-8,11,17,19,22H,9-10,12-13,21H2,1H3. The highest BCUT2D eigenvalue weighted by atomic mass is 32.2. The summed E-state index contributed by atoms with van der Waals surface area (Å²) in [5.41, 5.74) is 7.18. The van der Waals surface area contributed by atoms with Gasteiger partial charge in [-0.1, -0.05) is 18.2 Å². The van der Waals surface area contributed by atoms with E-state index in [1.807, 2.05) is 11.9 Å². The molecule has 7 heteroatoms. The van der Waals surface area contributed by atoms with Crippen LogP contribution in [0.4, 0.5) is 10.1 Å². The molecule has 140 valence electrons. The number of anilines is 1. The fraction of sp³-hybridized carbons (Fsp3) is 0.368. The summed E-state index contributed by atoms with van der Waals surface area (Å²) < 4.78 is 39.8. The molecule has 2 aromatic rings. The number of sulfone groups is 1. The number of halogens is 1. The van der Waals surface area contributed by atoms with E-state index in [-0.39, 0.29) is 22.4 Å². The van der Waals surface area contributed by atoms with E-state index < -0.39 is 16.0 Å². The van der Waals surface area contributed by atoms with Gasteiger partial charge in [-0.3, -0.25) is 0 Å². The number of piperidine rings is 1. The van der Waals surface area contributed by atoms with Crippen molar-refractivity contribution in [2.24, 2.45) is 5.73 Å². The van der Waals surface area contributed by atoms with E-state index in [1.54, 1.807) is 48.5 Å². The molecule has 2 atom stereocenters. The zero-order valence-electron chi connectivity index (χ0n) is 14.7. The number of nitrogens with zero attached hydrogens (tertiary/aromatic N) is 1. The highest BCUT2D eigenvalue weighted by molar-refractivity contribution is 7.91. The van der Waals surface area contributed by atoms with Crippen LogP contribution in [0, 0.1) is 0 Å². The predicted molar refractivity (Wildman–Crippen MR) is 101 cm³/mol. The minimum atomic E-state index is -3.60. The first-order valence-electron chi connectivity index (χ1n) is 8.64. The largest absolute Gasteiger partial charge is 0.379 e. The van der Waals surface area contributed by atoms with Crippen LogP contribution in [-0.4, -0.2) is 45.7 Å². The molecular weight excluding hydrogens is 353 g/mol. The van der Waals surface area contributed by atoms with Gasteiger partial charge >= 0.3 is 0 Å². The van der Waals surface area contributed by atoms with Crippen molar-refractivity contribution in [1.29, 1.82) is 0 Å². The van der Waals surface area contributed by atoms with Gasteiger partial charge in [0.2, 0.25) is 9.84 Å². The van der Waals surface area contributed by atoms with E-state index in [2.05, 4.69) is 5.32 Å². The maximum atomic E-state index is 14.3. The molecule has 3 N–H and O–H groups in total. The third-order valence-corrected chi connectivity index (χ3v) is 6.51. The minimum Gasteiger partial charge on any atom is -0.379 e. The second-order valence-corrected chi connectivity index (χ2v) is 8.61. The van der Waals surface area contributed by atoms with Crippen LogP contribution in [0.5, 0.6) is 0 Å². The number of alkyl halides is 1. The Bertz CT molecular complexity index is 858. The fourth-order valence-corrected chi connectivity index (χ4v) is 4.53. The molecule has 26 heavy (non-hydrogen) atoms. The molecule has 1 aliphatic rings. The molecule has 2 unspecified atom stereocenters. The second-order valence-electron chi connectivity index (χ2n) is 6.66. The van der Waals surface area contributed by atoms with Gasteiger partial charge in [0, 0.05) is 25.3 Å². The first-order valence-corrected chi connectivity index (χ1v) is 10.1. The molecule has 1 saturated heterocycles. The first-order chi connectivity index (χ1) is 12.4. The minimum absolute atomic E-state index is 0.171. The average Bonchev–Trinajstić information content (AvgIpc) is 2.65. The van der Waals surface area contributed by atoms with Gasteiger partial charge in [-0.25, -0.2) is 12.8 Å². The van der Waals surface area contributed by atoms with Crippen molar-refractivity contribution in [3.63, 3.8) is 0 Å². The van der Waals surface area contributed by atoms with Crippen molar-refractivity contribution >= 4 is 15.5 Å². The Morgan fingerprint density at radius 2 is 1.92 bits per heavy atom. The van der Waals surface area contributed by atoms with E-state index in [0.717, 1.165) is 6.54 Å². The molecule has 0 aromatic heterocycles. The van der Waals surface area contributed by atoms with Crippen LogP contribution in [0.2, 0.25) is 0 Å². The van der Waals surface area contributed by atoms with E-state index in [0.29, 0.717) is 24.2 Å². The van der Waals surface area contributed by atoms with Crippen molar-refractivity contribution in [3.05, 3.63) is 54.1 Å². The van der Waals surface area contributed by atoms with E-state index in [4.69, 9.17) is 5.73 Å². The van der Waals surface area contributed by atoms with Gasteiger partial charge in [-0.05, 0) is 49.4 Å². The number of rotatable bonds is 5. The van der Waals surface area contributed by atoms with Gasteiger partial charge in [-0.2, -0.15) is 0 Å². The molecule has 5 nitrogen and oxygen atoms in total. The maximum absolute atomic E-state index is 14.3. The SMILES string of the molecule is CN1CCC(Nc2ccc(S(=O)(=O)c3ccccc3)cc2CN)C(F)C1. The number of benzene rings is 2. The van der Waals surface area contributed by atoms with E-state index in [1.165, 1.54) is 0 Å². The summed E-state index contributed by atoms with van der Waals surface area (Å²) >= 11 is 0. The van der Waals surface area contributed by atoms with Crippen LogP contribution in [0.3, 0.4) is 0 Å². The van der Waals surface area contributed by atoms with Crippen LogP contribution in [-0.2, 0) is 16.4 Å². The molecule has 0 bridgehead atoms. The molecule has 0 amide bonds. The molecular formula is C19H24FN3O2S. The number of likely N-dealkylation sites (tertiary alicyclic amines) is 1. The third-order valence-electron chi connectivity index (χ3n) is 4.75. The van der Waals surface area contributed by atoms with Crippen molar-refractivity contribution in [2.75, 3.05) is 25.5 Å². The van der Waals surface area contributed by atoms with Crippen molar-refractivity contribution < 1.29 is 12.8 Å². The Hall–Kier alpha value is -1.96. The van der Waals surface area contributed by atoms with E-state index in [9.17, 15) is 12.8 Å². The Morgan fingerprint density at radius 3 is 2.58 bits per heavy atom. The van der Waals surface area contributed by atoms with Crippen LogP contribution in [0.1, 0.15) is 12.0 Å². The van der Waals surface area contributed by atoms with Gasteiger partial charge < -0.3 is 16.0 Å². The lowest BCUT2D eigenvalue weighted by Gasteiger charge is -2.33. The normalized spacial score (nSPS) is 21.5. The van der Waals surface area contributed by atoms with E-state index >= 15 is 0 Å². The van der Waals surface area contributed by atoms with Gasteiger partial charge in [0.15, 0.2) is 0 Å².